The lowest BCUT2D eigenvalue weighted by Crippen LogP contribution is -2.31. The molecule has 3 aromatic rings. The summed E-state index contributed by atoms with van der Waals surface area (Å²) in [6.45, 7) is 3.94. The third kappa shape index (κ3) is 4.93. The van der Waals surface area contributed by atoms with Gasteiger partial charge in [0.1, 0.15) is 0 Å². The molecule has 9 heteroatoms. The van der Waals surface area contributed by atoms with Gasteiger partial charge in [0.2, 0.25) is 0 Å². The molecule has 0 saturated carbocycles. The van der Waals surface area contributed by atoms with Gasteiger partial charge < -0.3 is 20.3 Å². The predicted octanol–water partition coefficient (Wildman–Crippen LogP) is 3.62. The second-order valence-electron chi connectivity index (χ2n) is 8.56. The van der Waals surface area contributed by atoms with Gasteiger partial charge in [0, 0.05) is 32.9 Å². The molecule has 180 valence electrons. The molecule has 0 bridgehead atoms. The molecule has 0 radical (unpaired) electrons. The highest BCUT2D eigenvalue weighted by atomic mass is 16.5. The zero-order valence-corrected chi connectivity index (χ0v) is 19.9. The molecule has 1 aliphatic heterocycles. The molecule has 0 spiro atoms. The van der Waals surface area contributed by atoms with Crippen LogP contribution in [0.25, 0.3) is 11.0 Å². The highest BCUT2D eigenvalue weighted by Gasteiger charge is 2.20. The fraction of sp³-hybridized carbons (Fsp3) is 0.400. The van der Waals surface area contributed by atoms with E-state index in [2.05, 4.69) is 15.5 Å². The van der Waals surface area contributed by atoms with Crippen molar-refractivity contribution in [2.75, 3.05) is 35.2 Å². The lowest BCUT2D eigenvalue weighted by molar-refractivity contribution is -0.142. The van der Waals surface area contributed by atoms with E-state index in [0.29, 0.717) is 18.0 Å². The normalized spacial score (nSPS) is 13.7. The summed E-state index contributed by atoms with van der Waals surface area (Å²) in [7, 11) is 3.49. The first-order chi connectivity index (χ1) is 16.4. The number of aromatic nitrogens is 2. The van der Waals surface area contributed by atoms with Gasteiger partial charge >= 0.3 is 17.7 Å². The SMILES string of the molecule is CCOC(=O)Cc1ccc(NC(=O)Nc2cc3c(cc2N2CCCCC2)n(C)c(=O)n3C)cc1. The molecule has 0 unspecified atom stereocenters. The van der Waals surface area contributed by atoms with Crippen LogP contribution in [0.3, 0.4) is 0 Å². The maximum Gasteiger partial charge on any atom is 0.328 e. The summed E-state index contributed by atoms with van der Waals surface area (Å²) in [6.07, 6.45) is 3.57. The Labute approximate surface area is 198 Å². The standard InChI is InChI=1S/C25H31N5O4/c1-4-34-23(31)14-17-8-10-18(11-9-17)26-24(32)27-19-15-21-22(29(3)25(33)28(21)2)16-20(19)30-12-6-5-7-13-30/h8-11,15-16H,4-7,12-14H2,1-3H3,(H2,26,27,32). The van der Waals surface area contributed by atoms with Crippen LogP contribution in [0.2, 0.25) is 0 Å². The number of nitrogens with zero attached hydrogens (tertiary/aromatic N) is 3. The molecule has 2 N–H and O–H groups in total. The number of hydrogen-bond donors (Lipinski definition) is 2. The number of imidazole rings is 1. The first-order valence-electron chi connectivity index (χ1n) is 11.6. The van der Waals surface area contributed by atoms with Crippen molar-refractivity contribution >= 4 is 40.1 Å². The summed E-state index contributed by atoms with van der Waals surface area (Å²) < 4.78 is 8.18. The summed E-state index contributed by atoms with van der Waals surface area (Å²) >= 11 is 0. The fourth-order valence-corrected chi connectivity index (χ4v) is 4.40. The number of hydrogen-bond acceptors (Lipinski definition) is 5. The molecule has 1 aromatic heterocycles. The number of esters is 1. The van der Waals surface area contributed by atoms with Gasteiger partial charge in [-0.3, -0.25) is 13.9 Å². The molecular formula is C25H31N5O4. The molecule has 1 fully saturated rings. The van der Waals surface area contributed by atoms with E-state index in [1.807, 2.05) is 12.1 Å². The minimum absolute atomic E-state index is 0.107. The number of anilines is 3. The van der Waals surface area contributed by atoms with Crippen molar-refractivity contribution in [2.45, 2.75) is 32.6 Å². The van der Waals surface area contributed by atoms with E-state index in [-0.39, 0.29) is 24.1 Å². The van der Waals surface area contributed by atoms with E-state index in [4.69, 9.17) is 4.74 Å². The van der Waals surface area contributed by atoms with E-state index < -0.39 is 0 Å². The van der Waals surface area contributed by atoms with Crippen LogP contribution in [0.1, 0.15) is 31.7 Å². The molecule has 4 rings (SSSR count). The average Bonchev–Trinajstić information content (AvgIpc) is 3.04. The van der Waals surface area contributed by atoms with Crippen molar-refractivity contribution in [3.8, 4) is 0 Å². The average molecular weight is 466 g/mol. The van der Waals surface area contributed by atoms with Gasteiger partial charge in [-0.25, -0.2) is 9.59 Å². The van der Waals surface area contributed by atoms with Crippen LogP contribution in [0.4, 0.5) is 21.9 Å². The zero-order valence-electron chi connectivity index (χ0n) is 19.9. The lowest BCUT2D eigenvalue weighted by atomic mass is 10.1. The molecule has 2 heterocycles. The first kappa shape index (κ1) is 23.4. The van der Waals surface area contributed by atoms with Gasteiger partial charge in [-0.2, -0.15) is 0 Å². The molecule has 1 aliphatic rings. The van der Waals surface area contributed by atoms with E-state index in [0.717, 1.165) is 48.2 Å². The van der Waals surface area contributed by atoms with Crippen LogP contribution in [-0.2, 0) is 30.0 Å². The van der Waals surface area contributed by atoms with Crippen LogP contribution in [0, 0.1) is 0 Å². The minimum atomic E-state index is -0.378. The summed E-state index contributed by atoms with van der Waals surface area (Å²) in [5.41, 5.74) is 4.47. The van der Waals surface area contributed by atoms with Crippen molar-refractivity contribution in [1.29, 1.82) is 0 Å². The largest absolute Gasteiger partial charge is 0.466 e. The summed E-state index contributed by atoms with van der Waals surface area (Å²) in [6, 6.07) is 10.6. The number of amides is 2. The van der Waals surface area contributed by atoms with Crippen LogP contribution in [-0.4, -0.2) is 40.8 Å². The Bertz CT molecular complexity index is 1250. The maximum atomic E-state index is 12.9. The summed E-state index contributed by atoms with van der Waals surface area (Å²) in [4.78, 5) is 39.2. The Morgan fingerprint density at radius 3 is 2.24 bits per heavy atom. The number of carbonyl (C=O) groups excluding carboxylic acids is 2. The Balaban J connectivity index is 1.55. The zero-order chi connectivity index (χ0) is 24.2. The van der Waals surface area contributed by atoms with Crippen LogP contribution >= 0.6 is 0 Å². The minimum Gasteiger partial charge on any atom is -0.466 e. The highest BCUT2D eigenvalue weighted by molar-refractivity contribution is 6.04. The van der Waals surface area contributed by atoms with Crippen LogP contribution in [0.15, 0.2) is 41.2 Å². The molecule has 1 saturated heterocycles. The summed E-state index contributed by atoms with van der Waals surface area (Å²) in [5, 5.41) is 5.82. The molecular weight excluding hydrogens is 434 g/mol. The van der Waals surface area contributed by atoms with Crippen molar-refractivity contribution in [2.24, 2.45) is 14.1 Å². The highest BCUT2D eigenvalue weighted by Crippen LogP contribution is 2.33. The maximum absolute atomic E-state index is 12.9. The number of rotatable bonds is 6. The first-order valence-corrected chi connectivity index (χ1v) is 11.6. The van der Waals surface area contributed by atoms with Gasteiger partial charge in [0.15, 0.2) is 0 Å². The predicted molar refractivity (Wildman–Crippen MR) is 134 cm³/mol. The molecule has 9 nitrogen and oxygen atoms in total. The van der Waals surface area contributed by atoms with Crippen molar-refractivity contribution in [1.82, 2.24) is 9.13 Å². The second-order valence-corrected chi connectivity index (χ2v) is 8.56. The van der Waals surface area contributed by atoms with Crippen molar-refractivity contribution < 1.29 is 14.3 Å². The number of ether oxygens (including phenoxy) is 1. The van der Waals surface area contributed by atoms with Gasteiger partial charge in [-0.05, 0) is 56.0 Å². The molecule has 2 amide bonds. The van der Waals surface area contributed by atoms with Gasteiger partial charge in [-0.1, -0.05) is 12.1 Å². The quantitative estimate of drug-likeness (QED) is 0.542. The van der Waals surface area contributed by atoms with Crippen molar-refractivity contribution in [3.05, 3.63) is 52.4 Å². The monoisotopic (exact) mass is 465 g/mol. The number of urea groups is 1. The second kappa shape index (κ2) is 10.0. The lowest BCUT2D eigenvalue weighted by Gasteiger charge is -2.30. The van der Waals surface area contributed by atoms with E-state index in [9.17, 15) is 14.4 Å². The number of benzene rings is 2. The van der Waals surface area contributed by atoms with Crippen LogP contribution in [0.5, 0.6) is 0 Å². The van der Waals surface area contributed by atoms with E-state index >= 15 is 0 Å². The molecule has 0 atom stereocenters. The Morgan fingerprint density at radius 2 is 1.59 bits per heavy atom. The van der Waals surface area contributed by atoms with Crippen molar-refractivity contribution in [3.63, 3.8) is 0 Å². The van der Waals surface area contributed by atoms with Gasteiger partial charge in [0.05, 0.1) is 35.4 Å². The van der Waals surface area contributed by atoms with E-state index in [1.165, 1.54) is 6.42 Å². The van der Waals surface area contributed by atoms with Gasteiger partial charge in [0.25, 0.3) is 0 Å². The number of nitrogens with one attached hydrogen (secondary N) is 2. The number of piperidine rings is 1. The Hall–Kier alpha value is -3.75. The Kier molecular flexibility index (Phi) is 6.90. The summed E-state index contributed by atoms with van der Waals surface area (Å²) in [5.74, 6) is -0.281. The van der Waals surface area contributed by atoms with Gasteiger partial charge in [-0.15, -0.1) is 0 Å². The number of aryl methyl sites for hydroxylation is 2. The molecule has 2 aromatic carbocycles. The fourth-order valence-electron chi connectivity index (χ4n) is 4.40. The Morgan fingerprint density at radius 1 is 0.941 bits per heavy atom. The third-order valence-corrected chi connectivity index (χ3v) is 6.20. The van der Waals surface area contributed by atoms with E-state index in [1.54, 1.807) is 54.4 Å². The molecule has 34 heavy (non-hydrogen) atoms. The van der Waals surface area contributed by atoms with Crippen LogP contribution < -0.4 is 21.2 Å². The smallest absolute Gasteiger partial charge is 0.328 e. The number of carbonyl (C=O) groups is 2. The third-order valence-electron chi connectivity index (χ3n) is 6.20. The topological polar surface area (TPSA) is 97.6 Å². The molecule has 0 aliphatic carbocycles. The number of fused-ring (bicyclic) bond motifs is 1.